The summed E-state index contributed by atoms with van der Waals surface area (Å²) < 4.78 is 87.8. The summed E-state index contributed by atoms with van der Waals surface area (Å²) in [5, 5.41) is 7.25. The molecule has 0 aliphatic heterocycles. The number of aromatic nitrogens is 3. The molecule has 0 saturated heterocycles. The zero-order valence-electron chi connectivity index (χ0n) is 21.0. The molecule has 1 N–H and O–H groups in total. The van der Waals surface area contributed by atoms with Crippen molar-refractivity contribution >= 4 is 37.8 Å². The first-order chi connectivity index (χ1) is 19.0. The highest BCUT2D eigenvalue weighted by Crippen LogP contribution is 2.33. The molecule has 1 aliphatic rings. The van der Waals surface area contributed by atoms with Gasteiger partial charge in [0.1, 0.15) is 16.8 Å². The molecular formula is C24H23F2N3O9S2. The largest absolute Gasteiger partial charge is 0.493 e. The number of allylic oxidation sites excluding steroid dienone is 2. The van der Waals surface area contributed by atoms with Crippen LogP contribution in [0.25, 0.3) is 11.0 Å². The summed E-state index contributed by atoms with van der Waals surface area (Å²) in [6, 6.07) is 5.03. The molecule has 1 aliphatic carbocycles. The van der Waals surface area contributed by atoms with Crippen LogP contribution >= 0.6 is 0 Å². The number of fused-ring (bicyclic) bond motifs is 1. The fraction of sp³-hybridized carbons (Fsp3) is 0.292. The molecule has 2 atom stereocenters. The number of hydrogen-bond acceptors (Lipinski definition) is 10. The molecule has 2 unspecified atom stereocenters. The third kappa shape index (κ3) is 6.07. The van der Waals surface area contributed by atoms with Gasteiger partial charge >= 0.3 is 12.6 Å². The van der Waals surface area contributed by atoms with E-state index >= 15 is 0 Å². The lowest BCUT2D eigenvalue weighted by Crippen LogP contribution is -2.29. The lowest BCUT2D eigenvalue weighted by molar-refractivity contribution is -0.140. The molecule has 4 rings (SSSR count). The summed E-state index contributed by atoms with van der Waals surface area (Å²) >= 11 is 0. The van der Waals surface area contributed by atoms with E-state index in [0.717, 1.165) is 16.1 Å². The molecule has 3 aromatic rings. The van der Waals surface area contributed by atoms with Crippen LogP contribution in [0.4, 0.5) is 8.78 Å². The first-order valence-corrected chi connectivity index (χ1v) is 14.3. The number of ether oxygens (including phenoxy) is 4. The number of imidazole rings is 1. The number of hydrogen-bond donors (Lipinski definition) is 1. The molecule has 214 valence electrons. The summed E-state index contributed by atoms with van der Waals surface area (Å²) in [6.07, 6.45) is 5.37. The molecule has 0 amide bonds. The SMILES string of the molecule is COc1ccnc(CS(=O)c2nc3cc(OC(F)F)ccc3n2S(=O)(=O)C2C=CC(OCC(=O)O)=CC2)c1OC. The maximum Gasteiger partial charge on any atom is 0.387 e. The summed E-state index contributed by atoms with van der Waals surface area (Å²) in [6.45, 7) is -3.73. The zero-order chi connectivity index (χ0) is 29.0. The monoisotopic (exact) mass is 599 g/mol. The third-order valence-electron chi connectivity index (χ3n) is 5.64. The van der Waals surface area contributed by atoms with E-state index in [1.165, 1.54) is 50.8 Å². The van der Waals surface area contributed by atoms with Crippen molar-refractivity contribution in [2.75, 3.05) is 20.8 Å². The van der Waals surface area contributed by atoms with Crippen molar-refractivity contribution in [2.24, 2.45) is 0 Å². The number of halogens is 2. The Morgan fingerprint density at radius 2 is 2.02 bits per heavy atom. The van der Waals surface area contributed by atoms with Crippen molar-refractivity contribution in [1.29, 1.82) is 0 Å². The Morgan fingerprint density at radius 1 is 1.25 bits per heavy atom. The van der Waals surface area contributed by atoms with Crippen molar-refractivity contribution in [3.63, 3.8) is 0 Å². The van der Waals surface area contributed by atoms with E-state index in [9.17, 15) is 26.2 Å². The summed E-state index contributed by atoms with van der Waals surface area (Å²) in [4.78, 5) is 19.2. The van der Waals surface area contributed by atoms with Crippen LogP contribution in [0.3, 0.4) is 0 Å². The van der Waals surface area contributed by atoms with Gasteiger partial charge in [0.15, 0.2) is 18.1 Å². The fourth-order valence-corrected chi connectivity index (χ4v) is 7.12. The van der Waals surface area contributed by atoms with Crippen LogP contribution in [0.1, 0.15) is 12.1 Å². The van der Waals surface area contributed by atoms with Gasteiger partial charge in [0.2, 0.25) is 15.2 Å². The van der Waals surface area contributed by atoms with Crippen LogP contribution in [0.15, 0.2) is 59.6 Å². The highest BCUT2D eigenvalue weighted by molar-refractivity contribution is 7.91. The topological polar surface area (TPSA) is 156 Å². The molecule has 40 heavy (non-hydrogen) atoms. The average molecular weight is 600 g/mol. The number of nitrogens with zero attached hydrogens (tertiary/aromatic N) is 3. The van der Waals surface area contributed by atoms with Gasteiger partial charge in [-0.05, 0) is 30.7 Å². The minimum Gasteiger partial charge on any atom is -0.493 e. The van der Waals surface area contributed by atoms with E-state index in [-0.39, 0.29) is 51.3 Å². The molecule has 16 heteroatoms. The Labute approximate surface area is 229 Å². The summed E-state index contributed by atoms with van der Waals surface area (Å²) in [5.74, 6) is -1.08. The normalized spacial score (nSPS) is 16.0. The summed E-state index contributed by atoms with van der Waals surface area (Å²) in [7, 11) is -3.69. The van der Waals surface area contributed by atoms with Crippen LogP contribution < -0.4 is 14.2 Å². The molecule has 2 aromatic heterocycles. The van der Waals surface area contributed by atoms with Crippen molar-refractivity contribution in [3.05, 3.63) is 60.1 Å². The smallest absolute Gasteiger partial charge is 0.387 e. The Kier molecular flexibility index (Phi) is 8.68. The molecule has 0 radical (unpaired) electrons. The van der Waals surface area contributed by atoms with Gasteiger partial charge in [-0.15, -0.1) is 0 Å². The predicted octanol–water partition coefficient (Wildman–Crippen LogP) is 2.85. The first-order valence-electron chi connectivity index (χ1n) is 11.4. The number of carbonyl (C=O) groups is 1. The number of methoxy groups -OCH3 is 2. The Hall–Kier alpha value is -4.05. The van der Waals surface area contributed by atoms with Crippen molar-refractivity contribution in [2.45, 2.75) is 29.2 Å². The maximum absolute atomic E-state index is 13.9. The molecule has 0 bridgehead atoms. The lowest BCUT2D eigenvalue weighted by atomic mass is 10.2. The Morgan fingerprint density at radius 3 is 2.65 bits per heavy atom. The maximum atomic E-state index is 13.9. The standard InChI is InChI=1S/C24H23F2N3O9S2/c1-35-20-9-10-27-18(22(20)36-2)13-39(32)24-28-17-11-15(38-23(25)26)5-8-19(17)29(24)40(33,34)16-6-3-14(4-7-16)37-12-21(30)31/h3-6,8-11,16,23H,7,12-13H2,1-2H3,(H,30,31). The molecule has 1 aromatic carbocycles. The molecular weight excluding hydrogens is 576 g/mol. The first kappa shape index (κ1) is 28.9. The van der Waals surface area contributed by atoms with Gasteiger partial charge in [-0.25, -0.2) is 22.2 Å². The van der Waals surface area contributed by atoms with Gasteiger partial charge in [-0.2, -0.15) is 8.78 Å². The number of alkyl halides is 2. The van der Waals surface area contributed by atoms with Crippen LogP contribution in [-0.2, 0) is 36.1 Å². The van der Waals surface area contributed by atoms with Crippen LogP contribution in [0.5, 0.6) is 17.2 Å². The lowest BCUT2D eigenvalue weighted by Gasteiger charge is -2.19. The van der Waals surface area contributed by atoms with Gasteiger partial charge < -0.3 is 24.1 Å². The molecule has 0 fully saturated rings. The molecule has 12 nitrogen and oxygen atoms in total. The number of pyridine rings is 1. The second kappa shape index (κ2) is 12.0. The average Bonchev–Trinajstić information content (AvgIpc) is 3.31. The van der Waals surface area contributed by atoms with E-state index in [4.69, 9.17) is 19.3 Å². The fourth-order valence-electron chi connectivity index (χ4n) is 3.91. The number of rotatable bonds is 12. The van der Waals surface area contributed by atoms with Gasteiger partial charge in [0.25, 0.3) is 0 Å². The Balaban J connectivity index is 1.77. The van der Waals surface area contributed by atoms with E-state index in [2.05, 4.69) is 14.7 Å². The molecule has 0 spiro atoms. The van der Waals surface area contributed by atoms with Crippen molar-refractivity contribution in [1.82, 2.24) is 13.9 Å². The number of aliphatic carboxylic acids is 1. The van der Waals surface area contributed by atoms with Crippen molar-refractivity contribution < 1.29 is 50.3 Å². The number of carboxylic acids is 1. The van der Waals surface area contributed by atoms with E-state index in [1.807, 2.05) is 0 Å². The van der Waals surface area contributed by atoms with Crippen LogP contribution in [0.2, 0.25) is 0 Å². The van der Waals surface area contributed by atoms with Gasteiger partial charge in [0, 0.05) is 18.3 Å². The highest BCUT2D eigenvalue weighted by Gasteiger charge is 2.33. The van der Waals surface area contributed by atoms with Gasteiger partial charge in [-0.1, -0.05) is 6.08 Å². The molecule has 2 heterocycles. The summed E-state index contributed by atoms with van der Waals surface area (Å²) in [5.41, 5.74) is 0.149. The van der Waals surface area contributed by atoms with Crippen molar-refractivity contribution in [3.8, 4) is 17.2 Å². The molecule has 0 saturated carbocycles. The Bertz CT molecular complexity index is 1620. The van der Waals surface area contributed by atoms with Gasteiger partial charge in [0.05, 0.1) is 47.5 Å². The van der Waals surface area contributed by atoms with E-state index in [1.54, 1.807) is 0 Å². The zero-order valence-corrected chi connectivity index (χ0v) is 22.7. The minimum absolute atomic E-state index is 0.0131. The quantitative estimate of drug-likeness (QED) is 0.327. The van der Waals surface area contributed by atoms with Gasteiger partial charge in [-0.3, -0.25) is 9.19 Å². The third-order valence-corrected chi connectivity index (χ3v) is 8.97. The van der Waals surface area contributed by atoms with Crippen LogP contribution in [-0.4, -0.2) is 70.3 Å². The van der Waals surface area contributed by atoms with E-state index < -0.39 is 45.3 Å². The second-order valence-electron chi connectivity index (χ2n) is 8.14. The number of carboxylic acid groups (broad SMARTS) is 1. The second-order valence-corrected chi connectivity index (χ2v) is 11.5. The highest BCUT2D eigenvalue weighted by atomic mass is 32.2. The minimum atomic E-state index is -4.34. The van der Waals surface area contributed by atoms with Crippen LogP contribution in [0, 0.1) is 0 Å². The predicted molar refractivity (Wildman–Crippen MR) is 137 cm³/mol. The number of benzene rings is 1. The van der Waals surface area contributed by atoms with E-state index in [0.29, 0.717) is 5.75 Å².